The normalized spacial score (nSPS) is 15.2. The minimum Gasteiger partial charge on any atom is -0.457 e. The van der Waals surface area contributed by atoms with Crippen molar-refractivity contribution in [1.29, 1.82) is 0 Å². The number of anilines is 1. The van der Waals surface area contributed by atoms with Crippen LogP contribution < -0.4 is 10.2 Å². The van der Waals surface area contributed by atoms with E-state index in [0.717, 1.165) is 0 Å². The first-order valence-electron chi connectivity index (χ1n) is 9.38. The van der Waals surface area contributed by atoms with Crippen LogP contribution in [0.3, 0.4) is 0 Å². The van der Waals surface area contributed by atoms with Crippen LogP contribution >= 0.6 is 35.4 Å². The third kappa shape index (κ3) is 4.25. The van der Waals surface area contributed by atoms with Gasteiger partial charge >= 0.3 is 0 Å². The molecule has 8 nitrogen and oxygen atoms in total. The number of thiocarbonyl (C=S) groups is 1. The second-order valence-electron chi connectivity index (χ2n) is 6.97. The number of nitro groups is 1. The van der Waals surface area contributed by atoms with E-state index in [2.05, 4.69) is 5.32 Å². The highest BCUT2D eigenvalue weighted by Crippen LogP contribution is 2.34. The third-order valence-electron chi connectivity index (χ3n) is 4.92. The first-order valence-corrected chi connectivity index (χ1v) is 10.5. The molecule has 0 aliphatic carbocycles. The van der Waals surface area contributed by atoms with Gasteiger partial charge in [0.05, 0.1) is 15.6 Å². The number of amides is 2. The van der Waals surface area contributed by atoms with Crippen LogP contribution in [0.2, 0.25) is 10.0 Å². The summed E-state index contributed by atoms with van der Waals surface area (Å²) in [4.78, 5) is 37.4. The van der Waals surface area contributed by atoms with E-state index < -0.39 is 16.7 Å². The number of hydrogen-bond donors (Lipinski definition) is 1. The van der Waals surface area contributed by atoms with E-state index in [-0.39, 0.29) is 32.9 Å². The molecule has 166 valence electrons. The number of nitrogens with one attached hydrogen (secondary N) is 1. The summed E-state index contributed by atoms with van der Waals surface area (Å²) < 4.78 is 5.71. The van der Waals surface area contributed by atoms with E-state index in [1.165, 1.54) is 41.3 Å². The lowest BCUT2D eigenvalue weighted by Crippen LogP contribution is -2.54. The molecule has 1 aromatic heterocycles. The number of rotatable bonds is 4. The molecule has 0 saturated carbocycles. The molecule has 0 unspecified atom stereocenters. The number of halogens is 2. The van der Waals surface area contributed by atoms with Gasteiger partial charge in [0.25, 0.3) is 17.5 Å². The SMILES string of the molecule is Cc1c(Cl)cccc1N1C(=O)/C(=C/c2ccc(-c3cc([N+](=O)[O-])ccc3Cl)o2)C(=O)NC1=S. The number of benzene rings is 2. The van der Waals surface area contributed by atoms with Crippen LogP contribution in [0.25, 0.3) is 17.4 Å². The molecule has 2 amide bonds. The van der Waals surface area contributed by atoms with E-state index in [9.17, 15) is 19.7 Å². The van der Waals surface area contributed by atoms with Gasteiger partial charge in [-0.15, -0.1) is 0 Å². The maximum atomic E-state index is 13.2. The van der Waals surface area contributed by atoms with Crippen LogP contribution in [-0.2, 0) is 9.59 Å². The van der Waals surface area contributed by atoms with Crippen molar-refractivity contribution in [3.8, 4) is 11.3 Å². The van der Waals surface area contributed by atoms with Gasteiger partial charge in [-0.05, 0) is 61.1 Å². The molecule has 1 N–H and O–H groups in total. The summed E-state index contributed by atoms with van der Waals surface area (Å²) in [6.07, 6.45) is 1.26. The fourth-order valence-electron chi connectivity index (χ4n) is 3.25. The van der Waals surface area contributed by atoms with Crippen molar-refractivity contribution in [3.05, 3.63) is 85.6 Å². The van der Waals surface area contributed by atoms with Gasteiger partial charge in [0.15, 0.2) is 5.11 Å². The number of nitrogens with zero attached hydrogens (tertiary/aromatic N) is 2. The molecule has 0 bridgehead atoms. The summed E-state index contributed by atoms with van der Waals surface area (Å²) in [6.45, 7) is 1.73. The first-order chi connectivity index (χ1) is 15.7. The molecule has 3 aromatic rings. The molecule has 1 saturated heterocycles. The van der Waals surface area contributed by atoms with Gasteiger partial charge in [-0.3, -0.25) is 29.9 Å². The molecule has 1 aliphatic rings. The second kappa shape index (κ2) is 8.78. The van der Waals surface area contributed by atoms with Crippen molar-refractivity contribution in [2.24, 2.45) is 0 Å². The van der Waals surface area contributed by atoms with Crippen LogP contribution in [0, 0.1) is 17.0 Å². The van der Waals surface area contributed by atoms with E-state index in [0.29, 0.717) is 21.8 Å². The second-order valence-corrected chi connectivity index (χ2v) is 8.17. The Hall–Kier alpha value is -3.53. The first kappa shape index (κ1) is 22.7. The maximum Gasteiger partial charge on any atom is 0.270 e. The Bertz CT molecular complexity index is 1380. The third-order valence-corrected chi connectivity index (χ3v) is 5.94. The predicted molar refractivity (Wildman–Crippen MR) is 128 cm³/mol. The average molecular weight is 502 g/mol. The largest absolute Gasteiger partial charge is 0.457 e. The lowest BCUT2D eigenvalue weighted by Gasteiger charge is -2.30. The van der Waals surface area contributed by atoms with E-state index in [1.54, 1.807) is 25.1 Å². The van der Waals surface area contributed by atoms with Gasteiger partial charge in [0.2, 0.25) is 0 Å². The van der Waals surface area contributed by atoms with Crippen LogP contribution in [0.1, 0.15) is 11.3 Å². The van der Waals surface area contributed by atoms with Crippen molar-refractivity contribution in [3.63, 3.8) is 0 Å². The van der Waals surface area contributed by atoms with E-state index in [1.807, 2.05) is 0 Å². The minimum atomic E-state index is -0.688. The topological polar surface area (TPSA) is 106 Å². The summed E-state index contributed by atoms with van der Waals surface area (Å²) in [5, 5.41) is 14.2. The fraction of sp³-hybridized carbons (Fsp3) is 0.0455. The molecule has 2 aromatic carbocycles. The van der Waals surface area contributed by atoms with Crippen LogP contribution in [0.5, 0.6) is 0 Å². The monoisotopic (exact) mass is 501 g/mol. The molecule has 4 rings (SSSR count). The van der Waals surface area contributed by atoms with Gasteiger partial charge < -0.3 is 4.42 Å². The van der Waals surface area contributed by atoms with Gasteiger partial charge in [-0.2, -0.15) is 0 Å². The molecule has 0 radical (unpaired) electrons. The zero-order chi connectivity index (χ0) is 23.9. The van der Waals surface area contributed by atoms with Gasteiger partial charge in [-0.1, -0.05) is 29.3 Å². The van der Waals surface area contributed by atoms with E-state index >= 15 is 0 Å². The highest BCUT2D eigenvalue weighted by molar-refractivity contribution is 7.80. The lowest BCUT2D eigenvalue weighted by molar-refractivity contribution is -0.384. The van der Waals surface area contributed by atoms with E-state index in [4.69, 9.17) is 39.8 Å². The smallest absolute Gasteiger partial charge is 0.270 e. The number of carbonyl (C=O) groups is 2. The molecule has 1 aliphatic heterocycles. The Labute approximate surface area is 202 Å². The number of carbonyl (C=O) groups excluding carboxylic acids is 2. The lowest BCUT2D eigenvalue weighted by atomic mass is 10.1. The maximum absolute atomic E-state index is 13.2. The Balaban J connectivity index is 1.72. The quantitative estimate of drug-likeness (QED) is 0.171. The molecular formula is C22H13Cl2N3O5S. The number of nitro benzene ring substituents is 1. The van der Waals surface area contributed by atoms with Crippen LogP contribution in [0.4, 0.5) is 11.4 Å². The fourth-order valence-corrected chi connectivity index (χ4v) is 3.90. The highest BCUT2D eigenvalue weighted by Gasteiger charge is 2.35. The zero-order valence-electron chi connectivity index (χ0n) is 16.8. The summed E-state index contributed by atoms with van der Waals surface area (Å²) in [6, 6.07) is 12.0. The van der Waals surface area contributed by atoms with Crippen LogP contribution in [-0.4, -0.2) is 21.9 Å². The van der Waals surface area contributed by atoms with Crippen molar-refractivity contribution < 1.29 is 18.9 Å². The molecule has 11 heteroatoms. The van der Waals surface area contributed by atoms with Gasteiger partial charge in [0, 0.05) is 22.7 Å². The van der Waals surface area contributed by atoms with Crippen molar-refractivity contribution >= 4 is 69.8 Å². The Morgan fingerprint density at radius 1 is 1.12 bits per heavy atom. The Kier molecular flexibility index (Phi) is 6.03. The molecule has 1 fully saturated rings. The minimum absolute atomic E-state index is 0.0731. The number of furan rings is 1. The van der Waals surface area contributed by atoms with Crippen molar-refractivity contribution in [1.82, 2.24) is 5.32 Å². The molecule has 33 heavy (non-hydrogen) atoms. The number of hydrogen-bond acceptors (Lipinski definition) is 6. The Morgan fingerprint density at radius 2 is 1.88 bits per heavy atom. The molecule has 0 atom stereocenters. The average Bonchev–Trinajstić information content (AvgIpc) is 3.22. The van der Waals surface area contributed by atoms with Gasteiger partial charge in [-0.25, -0.2) is 0 Å². The molecular weight excluding hydrogens is 489 g/mol. The van der Waals surface area contributed by atoms with Crippen LogP contribution in [0.15, 0.2) is 58.5 Å². The Morgan fingerprint density at radius 3 is 2.61 bits per heavy atom. The predicted octanol–water partition coefficient (Wildman–Crippen LogP) is 5.30. The van der Waals surface area contributed by atoms with Gasteiger partial charge in [0.1, 0.15) is 17.1 Å². The molecule has 0 spiro atoms. The highest BCUT2D eigenvalue weighted by atomic mass is 35.5. The summed E-state index contributed by atoms with van der Waals surface area (Å²) >= 11 is 17.6. The van der Waals surface area contributed by atoms with Crippen molar-refractivity contribution in [2.45, 2.75) is 6.92 Å². The standard InChI is InChI=1S/C22H13Cl2N3O5S/c1-11-16(23)3-2-4-18(11)26-21(29)15(20(28)25-22(26)33)10-13-6-8-19(32-13)14-9-12(27(30)31)5-7-17(14)24/h2-10H,1H3,(H,25,28,33)/b15-10+. The summed E-state index contributed by atoms with van der Waals surface area (Å²) in [5.74, 6) is -0.938. The summed E-state index contributed by atoms with van der Waals surface area (Å²) in [7, 11) is 0. The number of non-ortho nitro benzene ring substituents is 1. The summed E-state index contributed by atoms with van der Waals surface area (Å²) in [5.41, 5.74) is 0.979. The zero-order valence-corrected chi connectivity index (χ0v) is 19.1. The van der Waals surface area contributed by atoms with Crippen molar-refractivity contribution in [2.75, 3.05) is 4.90 Å². The molecule has 2 heterocycles.